The Hall–Kier alpha value is -4.06. The van der Waals surface area contributed by atoms with Crippen molar-refractivity contribution in [1.82, 2.24) is 9.78 Å². The molecule has 0 aliphatic carbocycles. The second-order valence-corrected chi connectivity index (χ2v) is 8.09. The van der Waals surface area contributed by atoms with Crippen molar-refractivity contribution in [2.24, 2.45) is 0 Å². The third-order valence-electron chi connectivity index (χ3n) is 5.71. The minimum Gasteiger partial charge on any atom is -0.452 e. The van der Waals surface area contributed by atoms with E-state index in [1.807, 2.05) is 63.2 Å². The van der Waals surface area contributed by atoms with Gasteiger partial charge in [-0.3, -0.25) is 9.59 Å². The van der Waals surface area contributed by atoms with Crippen LogP contribution in [0.15, 0.2) is 71.5 Å². The van der Waals surface area contributed by atoms with Gasteiger partial charge in [0.15, 0.2) is 12.3 Å². The lowest BCUT2D eigenvalue weighted by molar-refractivity contribution is 0.0468. The highest BCUT2D eigenvalue weighted by Crippen LogP contribution is 2.18. The highest BCUT2D eigenvalue weighted by molar-refractivity contribution is 6.04. The Balaban J connectivity index is 1.64. The third-order valence-corrected chi connectivity index (χ3v) is 5.71. The Morgan fingerprint density at radius 2 is 1.48 bits per heavy atom. The summed E-state index contributed by atoms with van der Waals surface area (Å²) in [5.74, 6) is -1.03. The molecular weight excluding hydrogens is 416 g/mol. The average molecular weight is 440 g/mol. The van der Waals surface area contributed by atoms with Gasteiger partial charge in [0.25, 0.3) is 5.56 Å². The lowest BCUT2D eigenvalue weighted by Crippen LogP contribution is -2.27. The molecule has 0 N–H and O–H groups in total. The second kappa shape index (κ2) is 9.20. The van der Waals surface area contributed by atoms with Crippen LogP contribution in [0, 0.1) is 20.8 Å². The van der Waals surface area contributed by atoms with Crippen molar-refractivity contribution in [2.45, 2.75) is 27.3 Å². The molecule has 0 fully saturated rings. The fourth-order valence-electron chi connectivity index (χ4n) is 3.79. The molecule has 33 heavy (non-hydrogen) atoms. The van der Waals surface area contributed by atoms with Gasteiger partial charge in [-0.1, -0.05) is 54.6 Å². The molecule has 1 heterocycles. The van der Waals surface area contributed by atoms with Gasteiger partial charge in [0, 0.05) is 10.9 Å². The molecule has 1 aromatic heterocycles. The molecule has 6 heteroatoms. The highest BCUT2D eigenvalue weighted by Gasteiger charge is 2.20. The first-order chi connectivity index (χ1) is 15.8. The van der Waals surface area contributed by atoms with Crippen molar-refractivity contribution in [1.29, 1.82) is 0 Å². The number of aryl methyl sites for hydroxylation is 3. The molecule has 0 aliphatic heterocycles. The number of ketones is 1. The van der Waals surface area contributed by atoms with Crippen LogP contribution in [0.5, 0.6) is 0 Å². The van der Waals surface area contributed by atoms with E-state index < -0.39 is 12.6 Å². The summed E-state index contributed by atoms with van der Waals surface area (Å²) in [5, 5.41) is 5.07. The number of fused-ring (bicyclic) bond motifs is 1. The Bertz CT molecular complexity index is 1420. The zero-order valence-electron chi connectivity index (χ0n) is 18.8. The molecule has 4 rings (SSSR count). The second-order valence-electron chi connectivity index (χ2n) is 8.09. The van der Waals surface area contributed by atoms with Gasteiger partial charge >= 0.3 is 5.97 Å². The lowest BCUT2D eigenvalue weighted by Gasteiger charge is -2.12. The summed E-state index contributed by atoms with van der Waals surface area (Å²) >= 11 is 0. The number of rotatable bonds is 6. The SMILES string of the molecule is Cc1cc(C)c(C(=O)COC(=O)c2nn(Cc3ccccc3)c(=O)c3ccccc23)cc1C. The van der Waals surface area contributed by atoms with Crippen LogP contribution in [0.25, 0.3) is 10.8 Å². The Kier molecular flexibility index (Phi) is 6.18. The predicted molar refractivity (Wildman–Crippen MR) is 127 cm³/mol. The molecule has 6 nitrogen and oxygen atoms in total. The van der Waals surface area contributed by atoms with Crippen molar-refractivity contribution in [3.63, 3.8) is 0 Å². The monoisotopic (exact) mass is 440 g/mol. The van der Waals surface area contributed by atoms with Gasteiger partial charge in [-0.25, -0.2) is 9.48 Å². The molecule has 0 saturated heterocycles. The van der Waals surface area contributed by atoms with Gasteiger partial charge in [-0.05, 0) is 55.2 Å². The Labute approximate surface area is 191 Å². The number of Topliss-reactive ketones (excluding diaryl/α,β-unsaturated/α-hetero) is 1. The smallest absolute Gasteiger partial charge is 0.359 e. The van der Waals surface area contributed by atoms with Gasteiger partial charge in [0.05, 0.1) is 11.9 Å². The zero-order chi connectivity index (χ0) is 23.5. The molecule has 0 spiro atoms. The maximum atomic E-state index is 13.0. The Morgan fingerprint density at radius 1 is 0.848 bits per heavy atom. The minimum absolute atomic E-state index is 0.00531. The largest absolute Gasteiger partial charge is 0.452 e. The van der Waals surface area contributed by atoms with Crippen molar-refractivity contribution >= 4 is 22.5 Å². The standard InChI is InChI=1S/C27H24N2O4/c1-17-13-19(3)23(14-18(17)2)24(30)16-33-27(32)25-21-11-7-8-12-22(21)26(31)29(28-25)15-20-9-5-4-6-10-20/h4-14H,15-16H2,1-3H3. The molecule has 0 bridgehead atoms. The molecule has 0 atom stereocenters. The summed E-state index contributed by atoms with van der Waals surface area (Å²) in [6.45, 7) is 5.58. The van der Waals surface area contributed by atoms with E-state index in [1.165, 1.54) is 4.68 Å². The van der Waals surface area contributed by atoms with Crippen LogP contribution in [0.1, 0.15) is 43.1 Å². The molecule has 0 amide bonds. The van der Waals surface area contributed by atoms with E-state index in [2.05, 4.69) is 5.10 Å². The number of aromatic nitrogens is 2. The van der Waals surface area contributed by atoms with Gasteiger partial charge < -0.3 is 4.74 Å². The van der Waals surface area contributed by atoms with Crippen molar-refractivity contribution in [3.8, 4) is 0 Å². The van der Waals surface area contributed by atoms with Gasteiger partial charge in [-0.2, -0.15) is 5.10 Å². The number of esters is 1. The summed E-state index contributed by atoms with van der Waals surface area (Å²) in [4.78, 5) is 38.7. The molecule has 3 aromatic carbocycles. The summed E-state index contributed by atoms with van der Waals surface area (Å²) in [6, 6.07) is 19.9. The van der Waals surface area contributed by atoms with Crippen molar-refractivity contribution < 1.29 is 14.3 Å². The molecule has 0 saturated carbocycles. The molecule has 0 radical (unpaired) electrons. The summed E-state index contributed by atoms with van der Waals surface area (Å²) in [6.07, 6.45) is 0. The van der Waals surface area contributed by atoms with Crippen LogP contribution in [-0.4, -0.2) is 28.1 Å². The maximum Gasteiger partial charge on any atom is 0.359 e. The number of carbonyl (C=O) groups excluding carboxylic acids is 2. The van der Waals surface area contributed by atoms with Crippen LogP contribution in [0.2, 0.25) is 0 Å². The van der Waals surface area contributed by atoms with E-state index >= 15 is 0 Å². The summed E-state index contributed by atoms with van der Waals surface area (Å²) in [7, 11) is 0. The van der Waals surface area contributed by atoms with E-state index in [0.717, 1.165) is 22.3 Å². The summed E-state index contributed by atoms with van der Waals surface area (Å²) in [5.41, 5.74) is 4.03. The molecular formula is C27H24N2O4. The quantitative estimate of drug-likeness (QED) is 0.328. The number of nitrogens with zero attached hydrogens (tertiary/aromatic N) is 2. The van der Waals surface area contributed by atoms with E-state index in [0.29, 0.717) is 16.3 Å². The number of hydrogen-bond acceptors (Lipinski definition) is 5. The number of benzene rings is 3. The number of ether oxygens (including phenoxy) is 1. The van der Waals surface area contributed by atoms with E-state index in [4.69, 9.17) is 4.74 Å². The van der Waals surface area contributed by atoms with Gasteiger partial charge in [0.1, 0.15) is 0 Å². The number of hydrogen-bond donors (Lipinski definition) is 0. The molecule has 0 unspecified atom stereocenters. The minimum atomic E-state index is -0.747. The normalized spacial score (nSPS) is 10.9. The molecule has 0 aliphatic rings. The van der Waals surface area contributed by atoms with Crippen LogP contribution >= 0.6 is 0 Å². The topological polar surface area (TPSA) is 78.3 Å². The van der Waals surface area contributed by atoms with Crippen molar-refractivity contribution in [2.75, 3.05) is 6.61 Å². The maximum absolute atomic E-state index is 13.0. The average Bonchev–Trinajstić information content (AvgIpc) is 2.82. The number of carbonyl (C=O) groups is 2. The first-order valence-corrected chi connectivity index (χ1v) is 10.7. The van der Waals surface area contributed by atoms with Crippen LogP contribution in [0.4, 0.5) is 0 Å². The van der Waals surface area contributed by atoms with Crippen LogP contribution in [0.3, 0.4) is 0 Å². The van der Waals surface area contributed by atoms with Gasteiger partial charge in [-0.15, -0.1) is 0 Å². The van der Waals surface area contributed by atoms with E-state index in [9.17, 15) is 14.4 Å². The Morgan fingerprint density at radius 3 is 2.21 bits per heavy atom. The van der Waals surface area contributed by atoms with E-state index in [1.54, 1.807) is 24.3 Å². The third kappa shape index (κ3) is 4.60. The van der Waals surface area contributed by atoms with Crippen molar-refractivity contribution in [3.05, 3.63) is 111 Å². The molecule has 166 valence electrons. The van der Waals surface area contributed by atoms with Crippen LogP contribution in [-0.2, 0) is 11.3 Å². The lowest BCUT2D eigenvalue weighted by atomic mass is 9.98. The summed E-state index contributed by atoms with van der Waals surface area (Å²) < 4.78 is 6.61. The highest BCUT2D eigenvalue weighted by atomic mass is 16.5. The van der Waals surface area contributed by atoms with Gasteiger partial charge in [0.2, 0.25) is 5.78 Å². The van der Waals surface area contributed by atoms with Crippen LogP contribution < -0.4 is 5.56 Å². The fraction of sp³-hybridized carbons (Fsp3) is 0.185. The zero-order valence-corrected chi connectivity index (χ0v) is 18.8. The van der Waals surface area contributed by atoms with E-state index in [-0.39, 0.29) is 23.6 Å². The first kappa shape index (κ1) is 22.1. The molecule has 4 aromatic rings. The fourth-order valence-corrected chi connectivity index (χ4v) is 3.79. The predicted octanol–water partition coefficient (Wildman–Crippen LogP) is 4.41. The first-order valence-electron chi connectivity index (χ1n) is 10.7.